The minimum Gasteiger partial charge on any atom is -0.451 e. The third-order valence-corrected chi connectivity index (χ3v) is 5.81. The standard InChI is InChI=1S/C28H24N2O3/c1-16-12-19(4)26-23(13-16)30-28(33-26)21-6-5-7-22(15-21)29-27(31)25-11-10-24(32-25)20-9-8-17(2)18(3)14-20/h5-15H,1-4H3,(H,29,31). The average molecular weight is 437 g/mol. The molecule has 5 heteroatoms. The quantitative estimate of drug-likeness (QED) is 0.322. The Morgan fingerprint density at radius 1 is 0.788 bits per heavy atom. The Balaban J connectivity index is 1.38. The number of carbonyl (C=O) groups is 1. The molecule has 5 aromatic rings. The molecule has 0 aliphatic carbocycles. The Hall–Kier alpha value is -4.12. The van der Waals surface area contributed by atoms with Crippen LogP contribution in [0.15, 0.2) is 75.6 Å². The number of aryl methyl sites for hydroxylation is 4. The monoisotopic (exact) mass is 436 g/mol. The predicted molar refractivity (Wildman–Crippen MR) is 130 cm³/mol. The van der Waals surface area contributed by atoms with Gasteiger partial charge in [0.25, 0.3) is 5.91 Å². The van der Waals surface area contributed by atoms with Gasteiger partial charge in [-0.1, -0.05) is 24.3 Å². The van der Waals surface area contributed by atoms with Gasteiger partial charge in [0, 0.05) is 16.8 Å². The van der Waals surface area contributed by atoms with Crippen LogP contribution in [-0.2, 0) is 0 Å². The number of carbonyl (C=O) groups excluding carboxylic acids is 1. The average Bonchev–Trinajstić information content (AvgIpc) is 3.44. The van der Waals surface area contributed by atoms with E-state index in [0.29, 0.717) is 17.3 Å². The summed E-state index contributed by atoms with van der Waals surface area (Å²) in [7, 11) is 0. The molecule has 0 aliphatic heterocycles. The topological polar surface area (TPSA) is 68.3 Å². The number of hydrogen-bond donors (Lipinski definition) is 1. The van der Waals surface area contributed by atoms with E-state index in [1.54, 1.807) is 6.07 Å². The van der Waals surface area contributed by atoms with Crippen molar-refractivity contribution in [2.24, 2.45) is 0 Å². The fourth-order valence-corrected chi connectivity index (χ4v) is 3.93. The van der Waals surface area contributed by atoms with Crippen LogP contribution in [0.2, 0.25) is 0 Å². The van der Waals surface area contributed by atoms with Crippen molar-refractivity contribution < 1.29 is 13.6 Å². The minimum absolute atomic E-state index is 0.251. The second-order valence-electron chi connectivity index (χ2n) is 8.45. The van der Waals surface area contributed by atoms with Gasteiger partial charge in [0.05, 0.1) is 0 Å². The summed E-state index contributed by atoms with van der Waals surface area (Å²) in [5.41, 5.74) is 8.55. The molecule has 0 unspecified atom stereocenters. The smallest absolute Gasteiger partial charge is 0.291 e. The van der Waals surface area contributed by atoms with Gasteiger partial charge < -0.3 is 14.2 Å². The van der Waals surface area contributed by atoms with E-state index in [0.717, 1.165) is 33.4 Å². The first-order valence-corrected chi connectivity index (χ1v) is 10.8. The fourth-order valence-electron chi connectivity index (χ4n) is 3.93. The summed E-state index contributed by atoms with van der Waals surface area (Å²) in [4.78, 5) is 17.4. The van der Waals surface area contributed by atoms with Gasteiger partial charge in [-0.3, -0.25) is 4.79 Å². The van der Waals surface area contributed by atoms with Gasteiger partial charge in [-0.25, -0.2) is 4.98 Å². The lowest BCUT2D eigenvalue weighted by atomic mass is 10.1. The maximum atomic E-state index is 12.8. The van der Waals surface area contributed by atoms with Crippen molar-refractivity contribution >= 4 is 22.7 Å². The number of oxazole rings is 1. The Labute approximate surface area is 192 Å². The molecule has 0 radical (unpaired) electrons. The zero-order chi connectivity index (χ0) is 23.1. The van der Waals surface area contributed by atoms with Crippen molar-refractivity contribution in [2.45, 2.75) is 27.7 Å². The van der Waals surface area contributed by atoms with Crippen molar-refractivity contribution in [1.29, 1.82) is 0 Å². The second-order valence-corrected chi connectivity index (χ2v) is 8.45. The van der Waals surface area contributed by atoms with E-state index < -0.39 is 0 Å². The lowest BCUT2D eigenvalue weighted by molar-refractivity contribution is 0.0997. The summed E-state index contributed by atoms with van der Waals surface area (Å²) < 4.78 is 11.8. The van der Waals surface area contributed by atoms with Gasteiger partial charge in [-0.05, 0) is 92.4 Å². The van der Waals surface area contributed by atoms with E-state index >= 15 is 0 Å². The molecule has 0 saturated carbocycles. The normalized spacial score (nSPS) is 11.2. The van der Waals surface area contributed by atoms with Gasteiger partial charge in [-0.15, -0.1) is 0 Å². The van der Waals surface area contributed by atoms with Crippen LogP contribution >= 0.6 is 0 Å². The van der Waals surface area contributed by atoms with Crippen LogP contribution in [0.3, 0.4) is 0 Å². The lowest BCUT2D eigenvalue weighted by Gasteiger charge is -2.05. The first kappa shape index (κ1) is 20.8. The number of nitrogens with zero attached hydrogens (tertiary/aromatic N) is 1. The summed E-state index contributed by atoms with van der Waals surface area (Å²) in [6.07, 6.45) is 0. The van der Waals surface area contributed by atoms with Crippen LogP contribution in [0.4, 0.5) is 5.69 Å². The van der Waals surface area contributed by atoms with Crippen LogP contribution < -0.4 is 5.32 Å². The number of nitrogens with one attached hydrogen (secondary N) is 1. The molecular formula is C28H24N2O3. The summed E-state index contributed by atoms with van der Waals surface area (Å²) in [5, 5.41) is 2.91. The zero-order valence-electron chi connectivity index (χ0n) is 19.0. The third kappa shape index (κ3) is 4.05. The maximum Gasteiger partial charge on any atom is 0.291 e. The molecule has 5 nitrogen and oxygen atoms in total. The molecule has 5 rings (SSSR count). The molecule has 1 amide bonds. The van der Waals surface area contributed by atoms with Crippen molar-refractivity contribution in [2.75, 3.05) is 5.32 Å². The molecule has 164 valence electrons. The number of amides is 1. The zero-order valence-corrected chi connectivity index (χ0v) is 19.0. The molecule has 0 saturated heterocycles. The summed E-state index contributed by atoms with van der Waals surface area (Å²) in [6.45, 7) is 8.17. The highest BCUT2D eigenvalue weighted by Crippen LogP contribution is 2.29. The van der Waals surface area contributed by atoms with Crippen LogP contribution in [0, 0.1) is 27.7 Å². The van der Waals surface area contributed by atoms with Crippen molar-refractivity contribution in [3.63, 3.8) is 0 Å². The first-order chi connectivity index (χ1) is 15.9. The van der Waals surface area contributed by atoms with Crippen molar-refractivity contribution in [1.82, 2.24) is 4.98 Å². The Bertz CT molecular complexity index is 1510. The van der Waals surface area contributed by atoms with Crippen LogP contribution in [0.5, 0.6) is 0 Å². The highest BCUT2D eigenvalue weighted by molar-refractivity contribution is 6.02. The summed E-state index contributed by atoms with van der Waals surface area (Å²) in [6, 6.07) is 21.1. The molecule has 33 heavy (non-hydrogen) atoms. The molecule has 0 atom stereocenters. The van der Waals surface area contributed by atoms with Crippen LogP contribution in [0.1, 0.15) is 32.8 Å². The van der Waals surface area contributed by atoms with Gasteiger partial charge in [0.2, 0.25) is 5.89 Å². The molecule has 0 fully saturated rings. The molecule has 0 spiro atoms. The number of fused-ring (bicyclic) bond motifs is 1. The number of hydrogen-bond acceptors (Lipinski definition) is 4. The highest BCUT2D eigenvalue weighted by Gasteiger charge is 2.15. The van der Waals surface area contributed by atoms with Crippen molar-refractivity contribution in [3.8, 4) is 22.8 Å². The number of rotatable bonds is 4. The molecule has 2 aromatic heterocycles. The van der Waals surface area contributed by atoms with E-state index in [1.807, 2.05) is 62.4 Å². The SMILES string of the molecule is Cc1cc(C)c2oc(-c3cccc(NC(=O)c4ccc(-c5ccc(C)c(C)c5)o4)c3)nc2c1. The van der Waals surface area contributed by atoms with E-state index in [9.17, 15) is 4.79 Å². The third-order valence-electron chi connectivity index (χ3n) is 5.81. The Morgan fingerprint density at radius 2 is 1.64 bits per heavy atom. The van der Waals surface area contributed by atoms with Crippen LogP contribution in [0.25, 0.3) is 33.9 Å². The molecule has 2 heterocycles. The molecular weight excluding hydrogens is 412 g/mol. The Morgan fingerprint density at radius 3 is 2.45 bits per heavy atom. The first-order valence-electron chi connectivity index (χ1n) is 10.8. The van der Waals surface area contributed by atoms with Gasteiger partial charge >= 0.3 is 0 Å². The van der Waals surface area contributed by atoms with Gasteiger partial charge in [0.15, 0.2) is 11.3 Å². The molecule has 3 aromatic carbocycles. The number of benzene rings is 3. The summed E-state index contributed by atoms with van der Waals surface area (Å²) in [5.74, 6) is 1.12. The summed E-state index contributed by atoms with van der Waals surface area (Å²) >= 11 is 0. The maximum absolute atomic E-state index is 12.8. The van der Waals surface area contributed by atoms with Crippen molar-refractivity contribution in [3.05, 3.63) is 94.7 Å². The van der Waals surface area contributed by atoms with E-state index in [2.05, 4.69) is 36.3 Å². The van der Waals surface area contributed by atoms with E-state index in [1.165, 1.54) is 11.1 Å². The van der Waals surface area contributed by atoms with E-state index in [-0.39, 0.29) is 11.7 Å². The number of aromatic nitrogens is 1. The number of anilines is 1. The lowest BCUT2D eigenvalue weighted by Crippen LogP contribution is -2.10. The highest BCUT2D eigenvalue weighted by atomic mass is 16.4. The Kier molecular flexibility index (Phi) is 5.09. The second kappa shape index (κ2) is 8.10. The largest absolute Gasteiger partial charge is 0.451 e. The fraction of sp³-hybridized carbons (Fsp3) is 0.143. The molecule has 0 aliphatic rings. The van der Waals surface area contributed by atoms with Gasteiger partial charge in [-0.2, -0.15) is 0 Å². The predicted octanol–water partition coefficient (Wildman–Crippen LogP) is 7.24. The van der Waals surface area contributed by atoms with Crippen LogP contribution in [-0.4, -0.2) is 10.9 Å². The molecule has 1 N–H and O–H groups in total. The van der Waals surface area contributed by atoms with Gasteiger partial charge in [0.1, 0.15) is 11.3 Å². The molecule has 0 bridgehead atoms. The minimum atomic E-state index is -0.314. The van der Waals surface area contributed by atoms with E-state index in [4.69, 9.17) is 8.83 Å². The number of furan rings is 1.